The summed E-state index contributed by atoms with van der Waals surface area (Å²) in [6, 6.07) is 8.62. The number of nitrogens with one attached hydrogen (secondary N) is 2. The first-order valence-electron chi connectivity index (χ1n) is 10.3. The summed E-state index contributed by atoms with van der Waals surface area (Å²) in [6.45, 7) is 8.18. The van der Waals surface area contributed by atoms with Gasteiger partial charge in [0.1, 0.15) is 5.75 Å². The van der Waals surface area contributed by atoms with E-state index in [2.05, 4.69) is 34.6 Å². The topological polar surface area (TPSA) is 58.1 Å². The van der Waals surface area contributed by atoms with E-state index in [0.717, 1.165) is 63.6 Å². The van der Waals surface area contributed by atoms with E-state index in [9.17, 15) is 0 Å². The molecule has 3 rings (SSSR count). The minimum Gasteiger partial charge on any atom is -0.497 e. The molecule has 2 fully saturated rings. The number of guanidine groups is 1. The Kier molecular flexibility index (Phi) is 10.4. The first-order valence-corrected chi connectivity index (χ1v) is 10.3. The zero-order valence-electron chi connectivity index (χ0n) is 17.2. The molecule has 1 heterocycles. The molecule has 1 atom stereocenters. The van der Waals surface area contributed by atoms with Gasteiger partial charge in [-0.1, -0.05) is 25.0 Å². The number of hydrogen-bond donors (Lipinski definition) is 2. The fraction of sp³-hybridized carbons (Fsp3) is 0.667. The van der Waals surface area contributed by atoms with E-state index in [1.165, 1.54) is 24.8 Å². The molecule has 1 aliphatic heterocycles. The average molecular weight is 502 g/mol. The second-order valence-electron chi connectivity index (χ2n) is 7.32. The Bertz CT molecular complexity index is 587. The van der Waals surface area contributed by atoms with Gasteiger partial charge in [0, 0.05) is 26.2 Å². The van der Waals surface area contributed by atoms with Gasteiger partial charge in [-0.05, 0) is 37.0 Å². The maximum Gasteiger partial charge on any atom is 0.191 e. The van der Waals surface area contributed by atoms with E-state index in [0.29, 0.717) is 0 Å². The Labute approximate surface area is 186 Å². The molecule has 28 heavy (non-hydrogen) atoms. The number of rotatable bonds is 9. The van der Waals surface area contributed by atoms with Crippen molar-refractivity contribution in [1.29, 1.82) is 0 Å². The van der Waals surface area contributed by atoms with Crippen LogP contribution >= 0.6 is 24.0 Å². The van der Waals surface area contributed by atoms with Crippen molar-refractivity contribution in [2.75, 3.05) is 53.0 Å². The van der Waals surface area contributed by atoms with Crippen molar-refractivity contribution in [3.05, 3.63) is 29.8 Å². The van der Waals surface area contributed by atoms with Gasteiger partial charge < -0.3 is 20.1 Å². The van der Waals surface area contributed by atoms with Crippen LogP contribution in [0.4, 0.5) is 0 Å². The van der Waals surface area contributed by atoms with Crippen LogP contribution in [-0.4, -0.2) is 63.9 Å². The van der Waals surface area contributed by atoms with Crippen molar-refractivity contribution in [1.82, 2.24) is 15.5 Å². The molecule has 0 amide bonds. The van der Waals surface area contributed by atoms with E-state index in [1.807, 2.05) is 12.1 Å². The summed E-state index contributed by atoms with van der Waals surface area (Å²) in [4.78, 5) is 7.38. The third kappa shape index (κ3) is 7.40. The highest BCUT2D eigenvalue weighted by Gasteiger charge is 2.23. The molecular formula is C21H35IN4O2. The van der Waals surface area contributed by atoms with Crippen LogP contribution in [0.5, 0.6) is 5.75 Å². The fourth-order valence-corrected chi connectivity index (χ4v) is 3.47. The molecule has 0 spiro atoms. The summed E-state index contributed by atoms with van der Waals surface area (Å²) in [7, 11) is 1.70. The van der Waals surface area contributed by atoms with Crippen LogP contribution < -0.4 is 15.4 Å². The summed E-state index contributed by atoms with van der Waals surface area (Å²) in [6.07, 6.45) is 4.04. The number of hydrogen-bond acceptors (Lipinski definition) is 4. The summed E-state index contributed by atoms with van der Waals surface area (Å²) in [5, 5.41) is 6.88. The third-order valence-electron chi connectivity index (χ3n) is 5.30. The minimum absolute atomic E-state index is 0. The second kappa shape index (κ2) is 12.5. The SMILES string of the molecule is CCNC(=NCC(c1ccc(OC)cc1)N1CCOCC1)NCCC1CC1.I. The Morgan fingerprint density at radius 1 is 1.21 bits per heavy atom. The van der Waals surface area contributed by atoms with Gasteiger partial charge in [-0.2, -0.15) is 0 Å². The Morgan fingerprint density at radius 3 is 2.54 bits per heavy atom. The van der Waals surface area contributed by atoms with Crippen LogP contribution in [0.25, 0.3) is 0 Å². The highest BCUT2D eigenvalue weighted by molar-refractivity contribution is 14.0. The van der Waals surface area contributed by atoms with Gasteiger partial charge in [0.05, 0.1) is 32.9 Å². The lowest BCUT2D eigenvalue weighted by Crippen LogP contribution is -2.42. The van der Waals surface area contributed by atoms with Gasteiger partial charge in [-0.15, -0.1) is 24.0 Å². The highest BCUT2D eigenvalue weighted by atomic mass is 127. The van der Waals surface area contributed by atoms with Gasteiger partial charge in [0.15, 0.2) is 5.96 Å². The monoisotopic (exact) mass is 502 g/mol. The quantitative estimate of drug-likeness (QED) is 0.309. The smallest absolute Gasteiger partial charge is 0.191 e. The van der Waals surface area contributed by atoms with E-state index in [4.69, 9.17) is 14.5 Å². The maximum absolute atomic E-state index is 5.55. The molecule has 1 aliphatic carbocycles. The van der Waals surface area contributed by atoms with Crippen molar-refractivity contribution >= 4 is 29.9 Å². The molecule has 2 N–H and O–H groups in total. The second-order valence-corrected chi connectivity index (χ2v) is 7.32. The molecule has 7 heteroatoms. The molecule has 158 valence electrons. The summed E-state index contributed by atoms with van der Waals surface area (Å²) in [5.41, 5.74) is 1.27. The minimum atomic E-state index is 0. The van der Waals surface area contributed by atoms with Crippen molar-refractivity contribution in [2.24, 2.45) is 10.9 Å². The Balaban J connectivity index is 0.00000280. The number of benzene rings is 1. The summed E-state index contributed by atoms with van der Waals surface area (Å²) in [5.74, 6) is 2.74. The molecular weight excluding hydrogens is 467 g/mol. The zero-order valence-corrected chi connectivity index (χ0v) is 19.5. The van der Waals surface area contributed by atoms with Crippen LogP contribution in [0.1, 0.15) is 37.8 Å². The predicted octanol–water partition coefficient (Wildman–Crippen LogP) is 3.04. The largest absolute Gasteiger partial charge is 0.497 e. The number of morpholine rings is 1. The van der Waals surface area contributed by atoms with Gasteiger partial charge in [0.2, 0.25) is 0 Å². The molecule has 0 radical (unpaired) electrons. The first kappa shape index (κ1) is 23.2. The molecule has 1 aromatic rings. The lowest BCUT2D eigenvalue weighted by Gasteiger charge is -2.34. The van der Waals surface area contributed by atoms with Crippen molar-refractivity contribution in [2.45, 2.75) is 32.2 Å². The highest BCUT2D eigenvalue weighted by Crippen LogP contribution is 2.31. The number of methoxy groups -OCH3 is 1. The molecule has 0 aromatic heterocycles. The normalized spacial score (nSPS) is 18.9. The predicted molar refractivity (Wildman–Crippen MR) is 125 cm³/mol. The van der Waals surface area contributed by atoms with Crippen LogP contribution in [0.15, 0.2) is 29.3 Å². The number of ether oxygens (including phenoxy) is 2. The van der Waals surface area contributed by atoms with Crippen LogP contribution in [0, 0.1) is 5.92 Å². The summed E-state index contributed by atoms with van der Waals surface area (Å²) < 4.78 is 10.9. The summed E-state index contributed by atoms with van der Waals surface area (Å²) >= 11 is 0. The van der Waals surface area contributed by atoms with Gasteiger partial charge in [-0.25, -0.2) is 0 Å². The van der Waals surface area contributed by atoms with E-state index in [-0.39, 0.29) is 30.0 Å². The van der Waals surface area contributed by atoms with Crippen molar-refractivity contribution < 1.29 is 9.47 Å². The fourth-order valence-electron chi connectivity index (χ4n) is 3.47. The number of halogens is 1. The van der Waals surface area contributed by atoms with E-state index < -0.39 is 0 Å². The van der Waals surface area contributed by atoms with E-state index in [1.54, 1.807) is 7.11 Å². The molecule has 0 bridgehead atoms. The molecule has 1 saturated carbocycles. The molecule has 1 unspecified atom stereocenters. The lowest BCUT2D eigenvalue weighted by molar-refractivity contribution is 0.0179. The maximum atomic E-state index is 5.55. The standard InChI is InChI=1S/C21H34N4O2.HI/c1-3-22-21(23-11-10-17-4-5-17)24-16-20(25-12-14-27-15-13-25)18-6-8-19(26-2)9-7-18;/h6-9,17,20H,3-5,10-16H2,1-2H3,(H2,22,23,24);1H. The number of aliphatic imine (C=N–C) groups is 1. The molecule has 1 saturated heterocycles. The van der Waals surface area contributed by atoms with Crippen LogP contribution in [-0.2, 0) is 4.74 Å². The Morgan fingerprint density at radius 2 is 1.93 bits per heavy atom. The average Bonchev–Trinajstić information content (AvgIpc) is 3.54. The van der Waals surface area contributed by atoms with Crippen molar-refractivity contribution in [3.63, 3.8) is 0 Å². The molecule has 1 aromatic carbocycles. The molecule has 6 nitrogen and oxygen atoms in total. The molecule has 2 aliphatic rings. The van der Waals surface area contributed by atoms with Gasteiger partial charge >= 0.3 is 0 Å². The Hall–Kier alpha value is -1.06. The van der Waals surface area contributed by atoms with Crippen molar-refractivity contribution in [3.8, 4) is 5.75 Å². The lowest BCUT2D eigenvalue weighted by atomic mass is 10.0. The van der Waals surface area contributed by atoms with Crippen LogP contribution in [0.3, 0.4) is 0 Å². The van der Waals surface area contributed by atoms with Gasteiger partial charge in [-0.3, -0.25) is 9.89 Å². The van der Waals surface area contributed by atoms with E-state index >= 15 is 0 Å². The number of nitrogens with zero attached hydrogens (tertiary/aromatic N) is 2. The zero-order chi connectivity index (χ0) is 18.9. The first-order chi connectivity index (χ1) is 13.3. The van der Waals surface area contributed by atoms with Crippen LogP contribution in [0.2, 0.25) is 0 Å². The third-order valence-corrected chi connectivity index (χ3v) is 5.30. The van der Waals surface area contributed by atoms with Gasteiger partial charge in [0.25, 0.3) is 0 Å².